The van der Waals surface area contributed by atoms with Crippen LogP contribution in [0.4, 0.5) is 10.8 Å². The second-order valence-electron chi connectivity index (χ2n) is 3.19. The van der Waals surface area contributed by atoms with Crippen LogP contribution < -0.4 is 5.32 Å². The molecule has 16 heavy (non-hydrogen) atoms. The van der Waals surface area contributed by atoms with E-state index in [4.69, 9.17) is 5.11 Å². The smallest absolute Gasteiger partial charge is 0.308 e. The molecule has 0 bridgehead atoms. The number of benzene rings is 1. The van der Waals surface area contributed by atoms with Gasteiger partial charge in [-0.15, -0.1) is 11.3 Å². The van der Waals surface area contributed by atoms with Crippen LogP contribution in [0.15, 0.2) is 36.5 Å². The van der Waals surface area contributed by atoms with Gasteiger partial charge in [-0.25, -0.2) is 4.98 Å². The highest BCUT2D eigenvalue weighted by molar-refractivity contribution is 7.15. The van der Waals surface area contributed by atoms with E-state index in [1.54, 1.807) is 6.20 Å². The van der Waals surface area contributed by atoms with E-state index in [1.165, 1.54) is 11.3 Å². The first-order chi connectivity index (χ1) is 7.74. The Kier molecular flexibility index (Phi) is 3.16. The van der Waals surface area contributed by atoms with E-state index in [2.05, 4.69) is 10.3 Å². The Morgan fingerprint density at radius 3 is 2.81 bits per heavy atom. The lowest BCUT2D eigenvalue weighted by Gasteiger charge is -2.00. The van der Waals surface area contributed by atoms with Crippen LogP contribution in [0.25, 0.3) is 0 Å². The fourth-order valence-electron chi connectivity index (χ4n) is 1.24. The lowest BCUT2D eigenvalue weighted by Crippen LogP contribution is -1.97. The number of aromatic nitrogens is 1. The lowest BCUT2D eigenvalue weighted by molar-refractivity contribution is -0.136. The summed E-state index contributed by atoms with van der Waals surface area (Å²) in [5, 5.41) is 12.4. The highest BCUT2D eigenvalue weighted by atomic mass is 32.1. The van der Waals surface area contributed by atoms with Gasteiger partial charge in [-0.2, -0.15) is 0 Å². The zero-order chi connectivity index (χ0) is 11.4. The third kappa shape index (κ3) is 2.80. The molecule has 1 aromatic carbocycles. The molecule has 5 heteroatoms. The minimum atomic E-state index is -0.838. The summed E-state index contributed by atoms with van der Waals surface area (Å²) in [6.07, 6.45) is 1.61. The molecule has 0 spiro atoms. The number of aliphatic carboxylic acids is 1. The zero-order valence-electron chi connectivity index (χ0n) is 8.38. The summed E-state index contributed by atoms with van der Waals surface area (Å²) < 4.78 is 0. The number of rotatable bonds is 4. The van der Waals surface area contributed by atoms with E-state index in [1.807, 2.05) is 30.3 Å². The molecule has 2 rings (SSSR count). The number of hydrogen-bond acceptors (Lipinski definition) is 4. The van der Waals surface area contributed by atoms with Gasteiger partial charge in [0.05, 0.1) is 6.42 Å². The second-order valence-corrected chi connectivity index (χ2v) is 4.31. The van der Waals surface area contributed by atoms with Crippen LogP contribution in [0.5, 0.6) is 0 Å². The van der Waals surface area contributed by atoms with Crippen LogP contribution in [0.1, 0.15) is 4.88 Å². The first-order valence-corrected chi connectivity index (χ1v) is 5.54. The Morgan fingerprint density at radius 2 is 2.12 bits per heavy atom. The predicted molar refractivity (Wildman–Crippen MR) is 63.2 cm³/mol. The van der Waals surface area contributed by atoms with Gasteiger partial charge < -0.3 is 10.4 Å². The molecule has 0 fully saturated rings. The maximum absolute atomic E-state index is 10.5. The lowest BCUT2D eigenvalue weighted by atomic mass is 10.3. The monoisotopic (exact) mass is 234 g/mol. The van der Waals surface area contributed by atoms with Crippen molar-refractivity contribution in [2.24, 2.45) is 0 Å². The fourth-order valence-corrected chi connectivity index (χ4v) is 2.06. The quantitative estimate of drug-likeness (QED) is 0.853. The van der Waals surface area contributed by atoms with E-state index < -0.39 is 5.97 Å². The van der Waals surface area contributed by atoms with Crippen molar-refractivity contribution in [3.8, 4) is 0 Å². The maximum atomic E-state index is 10.5. The van der Waals surface area contributed by atoms with Crippen LogP contribution >= 0.6 is 11.3 Å². The van der Waals surface area contributed by atoms with Gasteiger partial charge in [0.15, 0.2) is 5.13 Å². The van der Waals surface area contributed by atoms with Gasteiger partial charge in [0.2, 0.25) is 0 Å². The standard InChI is InChI=1S/C11H10N2O2S/c14-10(15)6-9-7-12-11(16-9)13-8-4-2-1-3-5-8/h1-5,7H,6H2,(H,12,13)(H,14,15). The Morgan fingerprint density at radius 1 is 1.38 bits per heavy atom. The summed E-state index contributed by atoms with van der Waals surface area (Å²) in [5.74, 6) is -0.838. The normalized spacial score (nSPS) is 10.0. The molecule has 1 aromatic heterocycles. The summed E-state index contributed by atoms with van der Waals surface area (Å²) in [7, 11) is 0. The molecule has 0 aliphatic rings. The van der Waals surface area contributed by atoms with E-state index in [-0.39, 0.29) is 6.42 Å². The van der Waals surface area contributed by atoms with Crippen LogP contribution in [0.2, 0.25) is 0 Å². The molecule has 0 saturated carbocycles. The molecule has 4 nitrogen and oxygen atoms in total. The van der Waals surface area contributed by atoms with Crippen molar-refractivity contribution in [2.45, 2.75) is 6.42 Å². The first kappa shape index (κ1) is 10.6. The molecule has 0 aliphatic carbocycles. The van der Waals surface area contributed by atoms with Crippen molar-refractivity contribution in [1.29, 1.82) is 0 Å². The molecular weight excluding hydrogens is 224 g/mol. The Hall–Kier alpha value is -1.88. The summed E-state index contributed by atoms with van der Waals surface area (Å²) in [4.78, 5) is 15.3. The number of carboxylic acids is 1. The van der Waals surface area contributed by atoms with Crippen molar-refractivity contribution < 1.29 is 9.90 Å². The van der Waals surface area contributed by atoms with Gasteiger partial charge >= 0.3 is 5.97 Å². The van der Waals surface area contributed by atoms with E-state index in [0.717, 1.165) is 10.6 Å². The molecule has 0 radical (unpaired) electrons. The number of nitrogens with one attached hydrogen (secondary N) is 1. The van der Waals surface area contributed by atoms with E-state index in [9.17, 15) is 4.79 Å². The van der Waals surface area contributed by atoms with Gasteiger partial charge in [-0.3, -0.25) is 4.79 Å². The molecule has 0 aliphatic heterocycles. The molecule has 0 atom stereocenters. The van der Waals surface area contributed by atoms with Crippen LogP contribution in [0, 0.1) is 0 Å². The van der Waals surface area contributed by atoms with Crippen molar-refractivity contribution in [2.75, 3.05) is 5.32 Å². The maximum Gasteiger partial charge on any atom is 0.308 e. The van der Waals surface area contributed by atoms with E-state index >= 15 is 0 Å². The SMILES string of the molecule is O=C(O)Cc1cnc(Nc2ccccc2)s1. The van der Waals surface area contributed by atoms with Crippen molar-refractivity contribution in [3.63, 3.8) is 0 Å². The van der Waals surface area contributed by atoms with Crippen LogP contribution in [-0.2, 0) is 11.2 Å². The van der Waals surface area contributed by atoms with Gasteiger partial charge in [0, 0.05) is 16.8 Å². The minimum Gasteiger partial charge on any atom is -0.481 e. The third-order valence-corrected chi connectivity index (χ3v) is 2.82. The molecule has 0 saturated heterocycles. The molecule has 2 aromatic rings. The topological polar surface area (TPSA) is 62.2 Å². The number of hydrogen-bond donors (Lipinski definition) is 2. The Bertz CT molecular complexity index is 482. The number of thiazole rings is 1. The molecular formula is C11H10N2O2S. The highest BCUT2D eigenvalue weighted by Crippen LogP contribution is 2.22. The molecule has 0 unspecified atom stereocenters. The molecule has 1 heterocycles. The average molecular weight is 234 g/mol. The Balaban J connectivity index is 2.06. The number of para-hydroxylation sites is 1. The summed E-state index contributed by atoms with van der Waals surface area (Å²) in [6.45, 7) is 0. The molecule has 82 valence electrons. The van der Waals surface area contributed by atoms with Crippen molar-refractivity contribution in [3.05, 3.63) is 41.4 Å². The Labute approximate surface area is 96.6 Å². The van der Waals surface area contributed by atoms with E-state index in [0.29, 0.717) is 5.13 Å². The number of nitrogens with zero attached hydrogens (tertiary/aromatic N) is 1. The highest BCUT2D eigenvalue weighted by Gasteiger charge is 2.05. The number of carboxylic acid groups (broad SMARTS) is 1. The van der Waals surface area contributed by atoms with Gasteiger partial charge in [0.25, 0.3) is 0 Å². The predicted octanol–water partition coefficient (Wildman–Crippen LogP) is 2.51. The van der Waals surface area contributed by atoms with Crippen molar-refractivity contribution >= 4 is 28.1 Å². The summed E-state index contributed by atoms with van der Waals surface area (Å²) >= 11 is 1.35. The number of carbonyl (C=O) groups is 1. The summed E-state index contributed by atoms with van der Waals surface area (Å²) in [6, 6.07) is 9.64. The zero-order valence-corrected chi connectivity index (χ0v) is 9.20. The van der Waals surface area contributed by atoms with Gasteiger partial charge in [-0.1, -0.05) is 18.2 Å². The largest absolute Gasteiger partial charge is 0.481 e. The van der Waals surface area contributed by atoms with Crippen LogP contribution in [0.3, 0.4) is 0 Å². The summed E-state index contributed by atoms with van der Waals surface area (Å²) in [5.41, 5.74) is 0.943. The third-order valence-electron chi connectivity index (χ3n) is 1.90. The van der Waals surface area contributed by atoms with Crippen LogP contribution in [-0.4, -0.2) is 16.1 Å². The first-order valence-electron chi connectivity index (χ1n) is 4.72. The van der Waals surface area contributed by atoms with Gasteiger partial charge in [0.1, 0.15) is 0 Å². The fraction of sp³-hybridized carbons (Fsp3) is 0.0909. The molecule has 2 N–H and O–H groups in total. The molecule has 0 amide bonds. The minimum absolute atomic E-state index is 0.0220. The number of anilines is 2. The average Bonchev–Trinajstić information content (AvgIpc) is 2.66. The second kappa shape index (κ2) is 4.76. The van der Waals surface area contributed by atoms with Crippen molar-refractivity contribution in [1.82, 2.24) is 4.98 Å². The van der Waals surface area contributed by atoms with Gasteiger partial charge in [-0.05, 0) is 12.1 Å².